The normalized spacial score (nSPS) is 18.4. The van der Waals surface area contributed by atoms with Gasteiger partial charge in [-0.15, -0.1) is 0 Å². The van der Waals surface area contributed by atoms with Gasteiger partial charge in [0.2, 0.25) is 5.91 Å². The van der Waals surface area contributed by atoms with Crippen LogP contribution in [0.25, 0.3) is 0 Å². The molecule has 1 aliphatic rings. The van der Waals surface area contributed by atoms with Gasteiger partial charge in [0.1, 0.15) is 0 Å². The predicted molar refractivity (Wildman–Crippen MR) is 80.4 cm³/mol. The number of nitrogen functional groups attached to an aromatic ring is 1. The highest BCUT2D eigenvalue weighted by molar-refractivity contribution is 7.99. The number of ether oxygens (including phenoxy) is 1. The van der Waals surface area contributed by atoms with Crippen LogP contribution in [-0.2, 0) is 9.53 Å². The molecule has 0 radical (unpaired) electrons. The molecule has 5 heteroatoms. The van der Waals surface area contributed by atoms with Gasteiger partial charge in [-0.1, -0.05) is 0 Å². The van der Waals surface area contributed by atoms with E-state index in [1.54, 1.807) is 23.9 Å². The molecule has 1 unspecified atom stereocenters. The van der Waals surface area contributed by atoms with Gasteiger partial charge in [0.25, 0.3) is 0 Å². The predicted octanol–water partition coefficient (Wildman–Crippen LogP) is 2.51. The molecule has 1 fully saturated rings. The molecule has 0 bridgehead atoms. The monoisotopic (exact) mass is 280 g/mol. The maximum Gasteiger partial charge on any atom is 0.225 e. The molecule has 1 aromatic rings. The van der Waals surface area contributed by atoms with Gasteiger partial charge < -0.3 is 15.8 Å². The lowest BCUT2D eigenvalue weighted by atomic mass is 10.3. The zero-order valence-electron chi connectivity index (χ0n) is 10.9. The summed E-state index contributed by atoms with van der Waals surface area (Å²) in [6, 6.07) is 7.18. The molecule has 1 aliphatic heterocycles. The number of thioether (sulfide) groups is 1. The van der Waals surface area contributed by atoms with Gasteiger partial charge in [-0.3, -0.25) is 4.79 Å². The minimum atomic E-state index is 0.0459. The molecular formula is C14H20N2O2S. The Labute approximate surface area is 118 Å². The van der Waals surface area contributed by atoms with Gasteiger partial charge in [0, 0.05) is 35.9 Å². The third kappa shape index (κ3) is 5.12. The van der Waals surface area contributed by atoms with E-state index in [0.29, 0.717) is 18.2 Å². The third-order valence-electron chi connectivity index (χ3n) is 3.00. The number of rotatable bonds is 6. The smallest absolute Gasteiger partial charge is 0.225 e. The summed E-state index contributed by atoms with van der Waals surface area (Å²) >= 11 is 1.79. The maximum absolute atomic E-state index is 11.7. The van der Waals surface area contributed by atoms with Crippen LogP contribution >= 0.6 is 11.8 Å². The Kier molecular flexibility index (Phi) is 5.54. The summed E-state index contributed by atoms with van der Waals surface area (Å²) in [5.41, 5.74) is 7.08. The fourth-order valence-electron chi connectivity index (χ4n) is 1.95. The highest BCUT2D eigenvalue weighted by atomic mass is 32.2. The molecule has 2 rings (SSSR count). The van der Waals surface area contributed by atoms with Crippen LogP contribution in [0, 0.1) is 0 Å². The molecule has 0 aromatic heterocycles. The number of hydrogen-bond donors (Lipinski definition) is 2. The average molecular weight is 280 g/mol. The van der Waals surface area contributed by atoms with Gasteiger partial charge >= 0.3 is 0 Å². The summed E-state index contributed by atoms with van der Waals surface area (Å²) in [4.78, 5) is 11.7. The molecule has 3 N–H and O–H groups in total. The number of anilines is 2. The highest BCUT2D eigenvalue weighted by Gasteiger charge is 2.15. The van der Waals surface area contributed by atoms with Crippen molar-refractivity contribution >= 4 is 29.0 Å². The van der Waals surface area contributed by atoms with Crippen LogP contribution in [0.1, 0.15) is 19.3 Å². The second-order valence-electron chi connectivity index (χ2n) is 4.63. The number of benzene rings is 1. The molecule has 0 saturated carbocycles. The summed E-state index contributed by atoms with van der Waals surface area (Å²) < 4.78 is 5.53. The summed E-state index contributed by atoms with van der Waals surface area (Å²) in [6.45, 7) is 0.892. The van der Waals surface area contributed by atoms with E-state index >= 15 is 0 Å². The van der Waals surface area contributed by atoms with Crippen molar-refractivity contribution in [3.8, 4) is 0 Å². The van der Waals surface area contributed by atoms with Crippen LogP contribution in [-0.4, -0.2) is 30.1 Å². The molecule has 1 amide bonds. The van der Waals surface area contributed by atoms with Crippen LogP contribution in [0.5, 0.6) is 0 Å². The lowest BCUT2D eigenvalue weighted by molar-refractivity contribution is -0.115. The van der Waals surface area contributed by atoms with Crippen LogP contribution < -0.4 is 11.1 Å². The molecule has 0 spiro atoms. The Balaban J connectivity index is 1.60. The van der Waals surface area contributed by atoms with Gasteiger partial charge in [-0.2, -0.15) is 11.8 Å². The van der Waals surface area contributed by atoms with Crippen LogP contribution in [0.4, 0.5) is 11.4 Å². The molecule has 0 aliphatic carbocycles. The van der Waals surface area contributed by atoms with Crippen molar-refractivity contribution in [2.75, 3.05) is 29.2 Å². The SMILES string of the molecule is Nc1ccc(NC(=O)CCSCC2CCCO2)cc1. The van der Waals surface area contributed by atoms with Crippen LogP contribution in [0.2, 0.25) is 0 Å². The zero-order chi connectivity index (χ0) is 13.5. The van der Waals surface area contributed by atoms with Crippen LogP contribution in [0.3, 0.4) is 0 Å². The van der Waals surface area contributed by atoms with E-state index in [1.807, 2.05) is 12.1 Å². The lowest BCUT2D eigenvalue weighted by Crippen LogP contribution is -2.13. The van der Waals surface area contributed by atoms with E-state index in [4.69, 9.17) is 10.5 Å². The van der Waals surface area contributed by atoms with Gasteiger partial charge in [0.15, 0.2) is 0 Å². The Hall–Kier alpha value is -1.20. The lowest BCUT2D eigenvalue weighted by Gasteiger charge is -2.08. The molecule has 19 heavy (non-hydrogen) atoms. The van der Waals surface area contributed by atoms with Gasteiger partial charge in [-0.05, 0) is 37.1 Å². The zero-order valence-corrected chi connectivity index (χ0v) is 11.7. The number of amides is 1. The maximum atomic E-state index is 11.7. The first-order valence-corrected chi connectivity index (χ1v) is 7.74. The molecular weight excluding hydrogens is 260 g/mol. The third-order valence-corrected chi connectivity index (χ3v) is 4.10. The fraction of sp³-hybridized carbons (Fsp3) is 0.500. The number of hydrogen-bond acceptors (Lipinski definition) is 4. The van der Waals surface area contributed by atoms with E-state index in [1.165, 1.54) is 6.42 Å². The summed E-state index contributed by atoms with van der Waals surface area (Å²) in [5, 5.41) is 2.86. The van der Waals surface area contributed by atoms with E-state index < -0.39 is 0 Å². The largest absolute Gasteiger partial charge is 0.399 e. The topological polar surface area (TPSA) is 64.3 Å². The van der Waals surface area contributed by atoms with Crippen molar-refractivity contribution in [2.24, 2.45) is 0 Å². The van der Waals surface area contributed by atoms with Crippen molar-refractivity contribution in [1.29, 1.82) is 0 Å². The minimum Gasteiger partial charge on any atom is -0.399 e. The second-order valence-corrected chi connectivity index (χ2v) is 5.78. The van der Waals surface area contributed by atoms with Crippen molar-refractivity contribution in [3.63, 3.8) is 0 Å². The Bertz CT molecular complexity index is 402. The quantitative estimate of drug-likeness (QED) is 0.621. The molecule has 1 saturated heterocycles. The summed E-state index contributed by atoms with van der Waals surface area (Å²) in [6.07, 6.45) is 3.25. The number of nitrogens with one attached hydrogen (secondary N) is 1. The minimum absolute atomic E-state index is 0.0459. The van der Waals surface area contributed by atoms with E-state index in [-0.39, 0.29) is 5.91 Å². The van der Waals surface area contributed by atoms with Gasteiger partial charge in [-0.25, -0.2) is 0 Å². The number of carbonyl (C=O) groups excluding carboxylic acids is 1. The highest BCUT2D eigenvalue weighted by Crippen LogP contribution is 2.18. The number of nitrogens with two attached hydrogens (primary N) is 1. The Morgan fingerprint density at radius 3 is 2.89 bits per heavy atom. The van der Waals surface area contributed by atoms with E-state index in [2.05, 4.69) is 5.32 Å². The van der Waals surface area contributed by atoms with Crippen molar-refractivity contribution in [3.05, 3.63) is 24.3 Å². The molecule has 1 heterocycles. The summed E-state index contributed by atoms with van der Waals surface area (Å²) in [5.74, 6) is 1.88. The van der Waals surface area contributed by atoms with E-state index in [9.17, 15) is 4.79 Å². The fourth-order valence-corrected chi connectivity index (χ4v) is 2.97. The first-order chi connectivity index (χ1) is 9.24. The average Bonchev–Trinajstić information content (AvgIpc) is 2.91. The van der Waals surface area contributed by atoms with E-state index in [0.717, 1.165) is 30.2 Å². The first kappa shape index (κ1) is 14.2. The number of carbonyl (C=O) groups is 1. The molecule has 1 aromatic carbocycles. The molecule has 104 valence electrons. The van der Waals surface area contributed by atoms with Crippen LogP contribution in [0.15, 0.2) is 24.3 Å². The van der Waals surface area contributed by atoms with Gasteiger partial charge in [0.05, 0.1) is 6.10 Å². The molecule has 4 nitrogen and oxygen atoms in total. The molecule has 1 atom stereocenters. The Morgan fingerprint density at radius 2 is 2.21 bits per heavy atom. The standard InChI is InChI=1S/C14H20N2O2S/c15-11-3-5-12(6-4-11)16-14(17)7-9-19-10-13-2-1-8-18-13/h3-6,13H,1-2,7-10,15H2,(H,16,17). The Morgan fingerprint density at radius 1 is 1.42 bits per heavy atom. The summed E-state index contributed by atoms with van der Waals surface area (Å²) in [7, 11) is 0. The van der Waals surface area contributed by atoms with Crippen molar-refractivity contribution < 1.29 is 9.53 Å². The second kappa shape index (κ2) is 7.40. The van der Waals surface area contributed by atoms with Crippen molar-refractivity contribution in [2.45, 2.75) is 25.4 Å². The first-order valence-electron chi connectivity index (χ1n) is 6.59. The van der Waals surface area contributed by atoms with Crippen molar-refractivity contribution in [1.82, 2.24) is 0 Å².